The lowest BCUT2D eigenvalue weighted by atomic mass is 10.1. The summed E-state index contributed by atoms with van der Waals surface area (Å²) >= 11 is 0. The zero-order chi connectivity index (χ0) is 11.1. The van der Waals surface area contributed by atoms with Crippen molar-refractivity contribution in [3.63, 3.8) is 0 Å². The molecule has 0 fully saturated rings. The summed E-state index contributed by atoms with van der Waals surface area (Å²) in [5.74, 6) is 0. The van der Waals surface area contributed by atoms with Gasteiger partial charge in [0.1, 0.15) is 6.07 Å². The molecule has 1 aromatic carbocycles. The number of fused-ring (bicyclic) bond motifs is 3. The molecular formula is C12H7N3O. The second-order valence-electron chi connectivity index (χ2n) is 3.54. The van der Waals surface area contributed by atoms with Gasteiger partial charge in [0, 0.05) is 10.9 Å². The maximum Gasteiger partial charge on any atom is 0.157 e. The molecule has 1 aromatic rings. The van der Waals surface area contributed by atoms with Crippen molar-refractivity contribution >= 4 is 10.9 Å². The number of aromatic nitrogens is 2. The number of nitrogens with zero attached hydrogens (tertiary/aromatic N) is 3. The minimum Gasteiger partial charge on any atom is -0.428 e. The molecule has 76 valence electrons. The molecule has 0 unspecified atom stereocenters. The van der Waals surface area contributed by atoms with Gasteiger partial charge < -0.3 is 5.21 Å². The Kier molecular flexibility index (Phi) is 1.62. The van der Waals surface area contributed by atoms with E-state index in [9.17, 15) is 5.21 Å². The largest absolute Gasteiger partial charge is 0.428 e. The molecule has 2 aliphatic rings. The predicted octanol–water partition coefficient (Wildman–Crippen LogP) is 2.25. The minimum absolute atomic E-state index is 0.200. The average molecular weight is 209 g/mol. The summed E-state index contributed by atoms with van der Waals surface area (Å²) in [7, 11) is 0. The lowest BCUT2D eigenvalue weighted by Gasteiger charge is -2.03. The van der Waals surface area contributed by atoms with Crippen LogP contribution in [0.5, 0.6) is 0 Å². The van der Waals surface area contributed by atoms with Gasteiger partial charge in [-0.2, -0.15) is 9.99 Å². The summed E-state index contributed by atoms with van der Waals surface area (Å²) in [6, 6.07) is 11.3. The molecule has 1 N–H and O–H groups in total. The van der Waals surface area contributed by atoms with Crippen molar-refractivity contribution in [3.8, 4) is 17.3 Å². The second-order valence-corrected chi connectivity index (χ2v) is 3.54. The third-order valence-electron chi connectivity index (χ3n) is 2.60. The van der Waals surface area contributed by atoms with Crippen LogP contribution in [0.2, 0.25) is 0 Å². The molecule has 3 rings (SSSR count). The molecule has 4 heteroatoms. The van der Waals surface area contributed by atoms with Crippen molar-refractivity contribution in [2.24, 2.45) is 0 Å². The van der Waals surface area contributed by atoms with E-state index in [0.717, 1.165) is 21.2 Å². The summed E-state index contributed by atoms with van der Waals surface area (Å²) in [6.45, 7) is 0. The minimum atomic E-state index is 0.200. The van der Waals surface area contributed by atoms with Crippen molar-refractivity contribution in [3.05, 3.63) is 42.2 Å². The van der Waals surface area contributed by atoms with E-state index in [0.29, 0.717) is 5.69 Å². The highest BCUT2D eigenvalue weighted by atomic mass is 16.5. The van der Waals surface area contributed by atoms with E-state index < -0.39 is 0 Å². The van der Waals surface area contributed by atoms with Gasteiger partial charge in [-0.15, -0.1) is 0 Å². The fraction of sp³-hybridized carbons (Fsp3) is 0. The Bertz CT molecular complexity index is 693. The monoisotopic (exact) mass is 209 g/mol. The molecular weight excluding hydrogens is 202 g/mol. The van der Waals surface area contributed by atoms with Crippen LogP contribution in [0.15, 0.2) is 36.5 Å². The molecule has 4 nitrogen and oxygen atoms in total. The van der Waals surface area contributed by atoms with Crippen LogP contribution in [0.25, 0.3) is 22.2 Å². The van der Waals surface area contributed by atoms with Crippen molar-refractivity contribution in [1.29, 1.82) is 5.26 Å². The number of rotatable bonds is 0. The van der Waals surface area contributed by atoms with Crippen LogP contribution >= 0.6 is 0 Å². The second kappa shape index (κ2) is 2.97. The van der Waals surface area contributed by atoms with Crippen molar-refractivity contribution in [2.75, 3.05) is 0 Å². The van der Waals surface area contributed by atoms with Crippen LogP contribution in [0.3, 0.4) is 0 Å². The molecule has 16 heavy (non-hydrogen) atoms. The standard InChI is InChI=1S/C12H7N3O/c13-6-8-5-10-9-3-1-2-4-11(9)14-12(10)7-15(8)16/h1-5,7,16H. The highest BCUT2D eigenvalue weighted by molar-refractivity contribution is 5.97. The van der Waals surface area contributed by atoms with Gasteiger partial charge in [0.15, 0.2) is 5.69 Å². The Morgan fingerprint density at radius 1 is 1.31 bits per heavy atom. The lowest BCUT2D eigenvalue weighted by molar-refractivity contribution is 0.182. The Balaban J connectivity index is 2.49. The zero-order valence-corrected chi connectivity index (χ0v) is 8.25. The SMILES string of the molecule is N#Cc1cc2c3ccccc3nc-2cn1O. The van der Waals surface area contributed by atoms with Gasteiger partial charge in [0.25, 0.3) is 0 Å². The summed E-state index contributed by atoms with van der Waals surface area (Å²) in [5, 5.41) is 19.3. The summed E-state index contributed by atoms with van der Waals surface area (Å²) < 4.78 is 0.800. The third-order valence-corrected chi connectivity index (χ3v) is 2.60. The van der Waals surface area contributed by atoms with E-state index in [-0.39, 0.29) is 5.69 Å². The van der Waals surface area contributed by atoms with Gasteiger partial charge in [-0.25, -0.2) is 4.98 Å². The fourth-order valence-corrected chi connectivity index (χ4v) is 1.85. The Morgan fingerprint density at radius 3 is 2.94 bits per heavy atom. The van der Waals surface area contributed by atoms with Crippen molar-refractivity contribution in [1.82, 2.24) is 9.71 Å². The van der Waals surface area contributed by atoms with Crippen LogP contribution in [-0.2, 0) is 0 Å². The average Bonchev–Trinajstić information content (AvgIpc) is 2.65. The van der Waals surface area contributed by atoms with Crippen molar-refractivity contribution in [2.45, 2.75) is 0 Å². The predicted molar refractivity (Wildman–Crippen MR) is 58.3 cm³/mol. The van der Waals surface area contributed by atoms with Crippen LogP contribution in [0.1, 0.15) is 5.69 Å². The van der Waals surface area contributed by atoms with Gasteiger partial charge in [-0.3, -0.25) is 0 Å². The number of benzene rings is 1. The van der Waals surface area contributed by atoms with Gasteiger partial charge in [-0.05, 0) is 12.1 Å². The molecule has 0 aliphatic carbocycles. The van der Waals surface area contributed by atoms with Crippen LogP contribution < -0.4 is 0 Å². The Labute approximate surface area is 91.3 Å². The number of para-hydroxylation sites is 1. The summed E-state index contributed by atoms with van der Waals surface area (Å²) in [6.07, 6.45) is 1.45. The number of nitriles is 1. The van der Waals surface area contributed by atoms with Gasteiger partial charge in [0.2, 0.25) is 0 Å². The first kappa shape index (κ1) is 8.74. The molecule has 0 atom stereocenters. The number of hydrogen-bond donors (Lipinski definition) is 1. The first-order valence-corrected chi connectivity index (χ1v) is 4.80. The molecule has 0 aromatic heterocycles. The quantitative estimate of drug-likeness (QED) is 0.577. The smallest absolute Gasteiger partial charge is 0.157 e. The zero-order valence-electron chi connectivity index (χ0n) is 8.25. The normalized spacial score (nSPS) is 10.7. The van der Waals surface area contributed by atoms with Crippen LogP contribution in [-0.4, -0.2) is 14.9 Å². The Morgan fingerprint density at radius 2 is 2.12 bits per heavy atom. The van der Waals surface area contributed by atoms with Gasteiger partial charge in [0.05, 0.1) is 17.4 Å². The van der Waals surface area contributed by atoms with E-state index in [1.807, 2.05) is 30.3 Å². The lowest BCUT2D eigenvalue weighted by Crippen LogP contribution is -1.99. The van der Waals surface area contributed by atoms with E-state index >= 15 is 0 Å². The molecule has 0 saturated carbocycles. The molecule has 0 radical (unpaired) electrons. The van der Waals surface area contributed by atoms with E-state index in [2.05, 4.69) is 4.98 Å². The molecule has 0 spiro atoms. The maximum atomic E-state index is 9.49. The molecule has 2 heterocycles. The van der Waals surface area contributed by atoms with E-state index in [1.54, 1.807) is 6.07 Å². The molecule has 0 amide bonds. The van der Waals surface area contributed by atoms with Gasteiger partial charge >= 0.3 is 0 Å². The number of hydrogen-bond acceptors (Lipinski definition) is 3. The van der Waals surface area contributed by atoms with E-state index in [1.165, 1.54) is 6.20 Å². The highest BCUT2D eigenvalue weighted by Gasteiger charge is 2.14. The summed E-state index contributed by atoms with van der Waals surface area (Å²) in [5.41, 5.74) is 2.64. The van der Waals surface area contributed by atoms with Gasteiger partial charge in [-0.1, -0.05) is 18.2 Å². The Hall–Kier alpha value is -2.54. The number of pyridine rings is 1. The highest BCUT2D eigenvalue weighted by Crippen LogP contribution is 2.30. The topological polar surface area (TPSA) is 61.8 Å². The summed E-state index contributed by atoms with van der Waals surface area (Å²) in [4.78, 5) is 4.36. The maximum absolute atomic E-state index is 9.49. The third kappa shape index (κ3) is 1.06. The molecule has 0 saturated heterocycles. The first-order valence-electron chi connectivity index (χ1n) is 4.80. The van der Waals surface area contributed by atoms with E-state index in [4.69, 9.17) is 5.26 Å². The fourth-order valence-electron chi connectivity index (χ4n) is 1.85. The van der Waals surface area contributed by atoms with Crippen LogP contribution in [0, 0.1) is 11.3 Å². The molecule has 2 aliphatic heterocycles. The van der Waals surface area contributed by atoms with Crippen molar-refractivity contribution < 1.29 is 5.21 Å². The first-order chi connectivity index (χ1) is 7.79. The molecule has 0 bridgehead atoms. The van der Waals surface area contributed by atoms with Crippen LogP contribution in [0.4, 0.5) is 0 Å².